The van der Waals surface area contributed by atoms with Gasteiger partial charge < -0.3 is 4.90 Å². The van der Waals surface area contributed by atoms with Crippen LogP contribution in [0.2, 0.25) is 0 Å². The Kier molecular flexibility index (Phi) is 4.47. The van der Waals surface area contributed by atoms with Gasteiger partial charge in [-0.3, -0.25) is 18.9 Å². The van der Waals surface area contributed by atoms with Gasteiger partial charge in [-0.25, -0.2) is 4.57 Å². The fourth-order valence-electron chi connectivity index (χ4n) is 2.72. The molecule has 22 heavy (non-hydrogen) atoms. The Bertz CT molecular complexity index is 661. The lowest BCUT2D eigenvalue weighted by Gasteiger charge is -2.24. The van der Waals surface area contributed by atoms with Gasteiger partial charge in [-0.05, 0) is 11.6 Å². The van der Waals surface area contributed by atoms with Gasteiger partial charge in [0.25, 0.3) is 5.91 Å². The monoisotopic (exact) mass is 324 g/mol. The molecule has 1 heterocycles. The van der Waals surface area contributed by atoms with Crippen molar-refractivity contribution in [3.05, 3.63) is 41.6 Å². The molecule has 0 saturated carbocycles. The highest BCUT2D eigenvalue weighted by Gasteiger charge is 2.39. The molecule has 120 valence electrons. The van der Waals surface area contributed by atoms with Gasteiger partial charge >= 0.3 is 7.75 Å². The van der Waals surface area contributed by atoms with Crippen molar-refractivity contribution >= 4 is 19.3 Å². The van der Waals surface area contributed by atoms with Gasteiger partial charge in [-0.1, -0.05) is 32.0 Å². The van der Waals surface area contributed by atoms with Crippen LogP contribution in [0.3, 0.4) is 0 Å². The van der Waals surface area contributed by atoms with Crippen molar-refractivity contribution in [3.63, 3.8) is 0 Å². The Labute approximate surface area is 130 Å². The van der Waals surface area contributed by atoms with Gasteiger partial charge in [0.1, 0.15) is 0 Å². The van der Waals surface area contributed by atoms with E-state index in [4.69, 9.17) is 9.05 Å². The van der Waals surface area contributed by atoms with Gasteiger partial charge in [0.2, 0.25) is 0 Å². The lowest BCUT2D eigenvalue weighted by Crippen LogP contribution is -2.27. The molecule has 0 atom stereocenters. The summed E-state index contributed by atoms with van der Waals surface area (Å²) in [7, 11) is 0.753. The summed E-state index contributed by atoms with van der Waals surface area (Å²) >= 11 is 0. The van der Waals surface area contributed by atoms with Crippen molar-refractivity contribution in [1.82, 2.24) is 5.09 Å². The van der Waals surface area contributed by atoms with Crippen LogP contribution in [0, 0.1) is 0 Å². The maximum atomic E-state index is 12.2. The molecule has 1 aliphatic heterocycles. The van der Waals surface area contributed by atoms with E-state index in [1.165, 1.54) is 20.3 Å². The van der Waals surface area contributed by atoms with Crippen LogP contribution in [0.4, 0.5) is 5.69 Å². The molecule has 0 bridgehead atoms. The summed E-state index contributed by atoms with van der Waals surface area (Å²) in [5, 5.41) is 2.27. The number of allylic oxidation sites excluding steroid dienone is 1. The first-order valence-electron chi connectivity index (χ1n) is 6.84. The van der Waals surface area contributed by atoms with Gasteiger partial charge in [0.15, 0.2) is 0 Å². The third-order valence-electron chi connectivity index (χ3n) is 3.94. The largest absolute Gasteiger partial charge is 0.434 e. The first-order valence-corrected chi connectivity index (χ1v) is 8.38. The van der Waals surface area contributed by atoms with Crippen LogP contribution in [0.25, 0.3) is 0 Å². The summed E-state index contributed by atoms with van der Waals surface area (Å²) in [4.78, 5) is 14.1. The maximum Gasteiger partial charge on any atom is 0.434 e. The molecule has 1 aromatic carbocycles. The third-order valence-corrected chi connectivity index (χ3v) is 5.39. The van der Waals surface area contributed by atoms with Crippen molar-refractivity contribution in [2.75, 3.05) is 26.2 Å². The summed E-state index contributed by atoms with van der Waals surface area (Å²) in [6, 6.07) is 7.98. The molecule has 0 spiro atoms. The Hall–Kier alpha value is -1.62. The number of hydrogen-bond donors (Lipinski definition) is 1. The first kappa shape index (κ1) is 16.7. The molecule has 0 saturated heterocycles. The van der Waals surface area contributed by atoms with Crippen LogP contribution in [-0.2, 0) is 23.8 Å². The molecular weight excluding hydrogens is 303 g/mol. The molecule has 1 N–H and O–H groups in total. The van der Waals surface area contributed by atoms with Gasteiger partial charge in [-0.2, -0.15) is 0 Å². The van der Waals surface area contributed by atoms with Crippen molar-refractivity contribution < 1.29 is 18.4 Å². The summed E-state index contributed by atoms with van der Waals surface area (Å²) in [5.41, 5.74) is 2.67. The highest BCUT2D eigenvalue weighted by atomic mass is 31.2. The number of likely N-dealkylation sites (N-methyl/N-ethyl adjacent to an activating group) is 1. The molecule has 1 aliphatic rings. The van der Waals surface area contributed by atoms with E-state index < -0.39 is 13.7 Å². The Morgan fingerprint density at radius 3 is 2.41 bits per heavy atom. The molecule has 0 aliphatic carbocycles. The second kappa shape index (κ2) is 5.88. The SMILES string of the molecule is COP(=O)(NC(=O)/C=C1/N(C)c2ccccc2C1(C)C)OC. The number of nitrogens with zero attached hydrogens (tertiary/aromatic N) is 1. The number of rotatable bonds is 4. The second-order valence-corrected chi connectivity index (χ2v) is 7.52. The number of carbonyl (C=O) groups is 1. The van der Waals surface area contributed by atoms with Crippen LogP contribution >= 0.6 is 7.75 Å². The summed E-state index contributed by atoms with van der Waals surface area (Å²) in [6.07, 6.45) is 1.44. The molecule has 0 aromatic heterocycles. The average Bonchev–Trinajstić information content (AvgIpc) is 2.69. The molecule has 0 fully saturated rings. The third kappa shape index (κ3) is 2.82. The Balaban J connectivity index is 2.34. The first-order chi connectivity index (χ1) is 10.2. The predicted molar refractivity (Wildman–Crippen MR) is 85.7 cm³/mol. The summed E-state index contributed by atoms with van der Waals surface area (Å²) < 4.78 is 21.4. The van der Waals surface area contributed by atoms with Crippen molar-refractivity contribution in [3.8, 4) is 0 Å². The predicted octanol–water partition coefficient (Wildman–Crippen LogP) is 2.82. The number of benzene rings is 1. The van der Waals surface area contributed by atoms with Crippen molar-refractivity contribution in [2.45, 2.75) is 19.3 Å². The number of amides is 1. The molecule has 0 unspecified atom stereocenters. The van der Waals surface area contributed by atoms with Crippen LogP contribution in [0.1, 0.15) is 19.4 Å². The van der Waals surface area contributed by atoms with E-state index in [1.807, 2.05) is 50.1 Å². The number of anilines is 1. The molecule has 1 aromatic rings. The molecule has 2 rings (SSSR count). The number of hydrogen-bond acceptors (Lipinski definition) is 5. The van der Waals surface area contributed by atoms with Crippen LogP contribution in [0.15, 0.2) is 36.0 Å². The molecule has 7 heteroatoms. The van der Waals surface area contributed by atoms with E-state index >= 15 is 0 Å². The molecule has 0 radical (unpaired) electrons. The fourth-order valence-corrected chi connectivity index (χ4v) is 3.38. The molecular formula is C15H21N2O4P. The van der Waals surface area contributed by atoms with Gasteiger partial charge in [0, 0.05) is 44.1 Å². The lowest BCUT2D eigenvalue weighted by molar-refractivity contribution is -0.115. The molecule has 6 nitrogen and oxygen atoms in total. The fraction of sp³-hybridized carbons (Fsp3) is 0.400. The second-order valence-electron chi connectivity index (χ2n) is 5.57. The minimum absolute atomic E-state index is 0.327. The average molecular weight is 324 g/mol. The van der Waals surface area contributed by atoms with Crippen LogP contribution in [-0.4, -0.2) is 27.2 Å². The van der Waals surface area contributed by atoms with E-state index in [9.17, 15) is 9.36 Å². The highest BCUT2D eigenvalue weighted by molar-refractivity contribution is 7.52. The summed E-state index contributed by atoms with van der Waals surface area (Å²) in [6.45, 7) is 4.08. The zero-order chi connectivity index (χ0) is 16.5. The Morgan fingerprint density at radius 1 is 1.27 bits per heavy atom. The van der Waals surface area contributed by atoms with Crippen molar-refractivity contribution in [1.29, 1.82) is 0 Å². The van der Waals surface area contributed by atoms with E-state index in [0.29, 0.717) is 0 Å². The van der Waals surface area contributed by atoms with Crippen molar-refractivity contribution in [2.24, 2.45) is 0 Å². The smallest absolute Gasteiger partial charge is 0.347 e. The highest BCUT2D eigenvalue weighted by Crippen LogP contribution is 2.47. The van der Waals surface area contributed by atoms with Gasteiger partial charge in [-0.15, -0.1) is 0 Å². The minimum Gasteiger partial charge on any atom is -0.347 e. The van der Waals surface area contributed by atoms with E-state index in [0.717, 1.165) is 16.9 Å². The quantitative estimate of drug-likeness (QED) is 0.681. The number of nitrogens with one attached hydrogen (secondary N) is 1. The lowest BCUT2D eigenvalue weighted by atomic mass is 9.84. The minimum atomic E-state index is -3.59. The normalized spacial score (nSPS) is 18.4. The van der Waals surface area contributed by atoms with E-state index in [1.54, 1.807) is 0 Å². The van der Waals surface area contributed by atoms with Crippen LogP contribution in [0.5, 0.6) is 0 Å². The maximum absolute atomic E-state index is 12.2. The van der Waals surface area contributed by atoms with Crippen LogP contribution < -0.4 is 9.99 Å². The topological polar surface area (TPSA) is 67.9 Å². The van der Waals surface area contributed by atoms with E-state index in [2.05, 4.69) is 5.09 Å². The zero-order valence-corrected chi connectivity index (χ0v) is 14.3. The number of fused-ring (bicyclic) bond motifs is 1. The standard InChI is InChI=1S/C15H21N2O4P/c1-15(2)11-8-6-7-9-12(11)17(3)13(15)10-14(18)16-22(19,20-4)21-5/h6-10H,1-5H3,(H,16,18,19)/b13-10+. The zero-order valence-electron chi connectivity index (χ0n) is 13.4. The number of carbonyl (C=O) groups excluding carboxylic acids is 1. The van der Waals surface area contributed by atoms with E-state index in [-0.39, 0.29) is 5.41 Å². The summed E-state index contributed by atoms with van der Waals surface area (Å²) in [5.74, 6) is -0.519. The Morgan fingerprint density at radius 2 is 1.86 bits per heavy atom. The van der Waals surface area contributed by atoms with Gasteiger partial charge in [0.05, 0.1) is 0 Å². The number of para-hydroxylation sites is 1. The molecule has 1 amide bonds.